The minimum Gasteiger partial charge on any atom is -0.489 e. The third kappa shape index (κ3) is 5.91. The Morgan fingerprint density at radius 2 is 1.97 bits per heavy atom. The molecular weight excluding hydrogens is 421 g/mol. The van der Waals surface area contributed by atoms with Crippen LogP contribution in [0.25, 0.3) is 10.2 Å². The second kappa shape index (κ2) is 9.88. The number of nitrogens with one attached hydrogen (secondary N) is 1. The molecule has 160 valence electrons. The van der Waals surface area contributed by atoms with Gasteiger partial charge in [-0.05, 0) is 30.3 Å². The van der Waals surface area contributed by atoms with Crippen LogP contribution in [0.5, 0.6) is 5.75 Å². The van der Waals surface area contributed by atoms with E-state index in [0.717, 1.165) is 28.4 Å². The number of alkyl halides is 3. The molecule has 3 rings (SSSR count). The SMILES string of the molecule is COCCOc1ccc(C(F)(F)F)cc1NC(=O)COCc1nc2ccccc2s1. The number of anilines is 1. The number of aromatic nitrogens is 1. The number of benzene rings is 2. The van der Waals surface area contributed by atoms with Crippen molar-refractivity contribution in [3.63, 3.8) is 0 Å². The van der Waals surface area contributed by atoms with E-state index in [9.17, 15) is 18.0 Å². The number of para-hydroxylation sites is 1. The smallest absolute Gasteiger partial charge is 0.416 e. The lowest BCUT2D eigenvalue weighted by molar-refractivity contribution is -0.137. The van der Waals surface area contributed by atoms with Crippen molar-refractivity contribution in [1.29, 1.82) is 0 Å². The molecule has 6 nitrogen and oxygen atoms in total. The quantitative estimate of drug-likeness (QED) is 0.497. The van der Waals surface area contributed by atoms with E-state index in [4.69, 9.17) is 14.2 Å². The Morgan fingerprint density at radius 3 is 2.70 bits per heavy atom. The van der Waals surface area contributed by atoms with Gasteiger partial charge in [-0.25, -0.2) is 4.98 Å². The zero-order chi connectivity index (χ0) is 21.6. The van der Waals surface area contributed by atoms with Gasteiger partial charge in [-0.1, -0.05) is 12.1 Å². The predicted molar refractivity (Wildman–Crippen MR) is 107 cm³/mol. The van der Waals surface area contributed by atoms with Gasteiger partial charge >= 0.3 is 6.18 Å². The number of carbonyl (C=O) groups excluding carboxylic acids is 1. The molecule has 0 radical (unpaired) electrons. The Bertz CT molecular complexity index is 974. The Balaban J connectivity index is 1.61. The highest BCUT2D eigenvalue weighted by atomic mass is 32.1. The lowest BCUT2D eigenvalue weighted by Gasteiger charge is -2.15. The average Bonchev–Trinajstić information content (AvgIpc) is 3.11. The highest BCUT2D eigenvalue weighted by Crippen LogP contribution is 2.35. The number of rotatable bonds is 9. The van der Waals surface area contributed by atoms with E-state index in [-0.39, 0.29) is 37.9 Å². The summed E-state index contributed by atoms with van der Waals surface area (Å²) in [5.41, 5.74) is -0.144. The summed E-state index contributed by atoms with van der Waals surface area (Å²) in [4.78, 5) is 16.6. The molecule has 0 atom stereocenters. The molecule has 0 saturated carbocycles. The number of nitrogens with zero attached hydrogens (tertiary/aromatic N) is 1. The zero-order valence-electron chi connectivity index (χ0n) is 16.0. The zero-order valence-corrected chi connectivity index (χ0v) is 16.8. The second-order valence-corrected chi connectivity index (χ2v) is 7.28. The van der Waals surface area contributed by atoms with Crippen LogP contribution in [0.1, 0.15) is 10.6 Å². The molecule has 0 bridgehead atoms. The standard InChI is InChI=1S/C20H19F3N2O4S/c1-27-8-9-29-16-7-6-13(20(21,22)23)10-15(16)24-18(26)11-28-12-19-25-14-4-2-3-5-17(14)30-19/h2-7,10H,8-9,11-12H2,1H3,(H,24,26). The van der Waals surface area contributed by atoms with Crippen LogP contribution >= 0.6 is 11.3 Å². The van der Waals surface area contributed by atoms with Crippen molar-refractivity contribution < 1.29 is 32.2 Å². The third-order valence-corrected chi connectivity index (χ3v) is 4.93. The van der Waals surface area contributed by atoms with Gasteiger partial charge in [0, 0.05) is 7.11 Å². The average molecular weight is 440 g/mol. The van der Waals surface area contributed by atoms with Crippen LogP contribution < -0.4 is 10.1 Å². The van der Waals surface area contributed by atoms with Crippen molar-refractivity contribution in [2.24, 2.45) is 0 Å². The molecule has 1 heterocycles. The van der Waals surface area contributed by atoms with Gasteiger partial charge in [0.25, 0.3) is 0 Å². The summed E-state index contributed by atoms with van der Waals surface area (Å²) >= 11 is 1.45. The lowest BCUT2D eigenvalue weighted by Crippen LogP contribution is -2.19. The van der Waals surface area contributed by atoms with E-state index < -0.39 is 17.6 Å². The summed E-state index contributed by atoms with van der Waals surface area (Å²) in [6, 6.07) is 10.5. The van der Waals surface area contributed by atoms with Crippen LogP contribution in [0.3, 0.4) is 0 Å². The summed E-state index contributed by atoms with van der Waals surface area (Å²) in [5, 5.41) is 3.12. The maximum absolute atomic E-state index is 13.0. The van der Waals surface area contributed by atoms with Gasteiger partial charge in [-0.3, -0.25) is 4.79 Å². The number of halogens is 3. The molecule has 0 saturated heterocycles. The predicted octanol–water partition coefficient (Wildman–Crippen LogP) is 4.50. The molecule has 2 aromatic carbocycles. The third-order valence-electron chi connectivity index (χ3n) is 3.92. The molecule has 3 aromatic rings. The van der Waals surface area contributed by atoms with E-state index in [1.165, 1.54) is 18.4 Å². The minimum absolute atomic E-state index is 0.0884. The van der Waals surface area contributed by atoms with E-state index in [1.807, 2.05) is 24.3 Å². The first-order chi connectivity index (χ1) is 14.4. The molecule has 0 unspecified atom stereocenters. The number of hydrogen-bond acceptors (Lipinski definition) is 6. The van der Waals surface area contributed by atoms with Crippen molar-refractivity contribution >= 4 is 33.1 Å². The Kier molecular flexibility index (Phi) is 7.24. The fourth-order valence-corrected chi connectivity index (χ4v) is 3.47. The Labute approximate surface area is 174 Å². The van der Waals surface area contributed by atoms with Gasteiger partial charge in [-0.15, -0.1) is 11.3 Å². The van der Waals surface area contributed by atoms with E-state index in [2.05, 4.69) is 10.3 Å². The van der Waals surface area contributed by atoms with Gasteiger partial charge in [0.05, 0.1) is 34.7 Å². The van der Waals surface area contributed by atoms with Crippen molar-refractivity contribution in [2.75, 3.05) is 32.2 Å². The van der Waals surface area contributed by atoms with E-state index >= 15 is 0 Å². The van der Waals surface area contributed by atoms with Crippen LogP contribution in [0.4, 0.5) is 18.9 Å². The van der Waals surface area contributed by atoms with Crippen molar-refractivity contribution in [3.8, 4) is 5.75 Å². The number of hydrogen-bond donors (Lipinski definition) is 1. The van der Waals surface area contributed by atoms with Crippen molar-refractivity contribution in [1.82, 2.24) is 4.98 Å². The molecule has 0 fully saturated rings. The number of amides is 1. The Morgan fingerprint density at radius 1 is 1.17 bits per heavy atom. The van der Waals surface area contributed by atoms with Crippen molar-refractivity contribution in [2.45, 2.75) is 12.8 Å². The first-order valence-electron chi connectivity index (χ1n) is 8.92. The van der Waals surface area contributed by atoms with E-state index in [0.29, 0.717) is 5.01 Å². The Hall–Kier alpha value is -2.69. The molecule has 0 aliphatic carbocycles. The molecule has 1 aromatic heterocycles. The van der Waals surface area contributed by atoms with Gasteiger partial charge in [-0.2, -0.15) is 13.2 Å². The summed E-state index contributed by atoms with van der Waals surface area (Å²) in [6.07, 6.45) is -4.55. The summed E-state index contributed by atoms with van der Waals surface area (Å²) in [6.45, 7) is 0.148. The number of thiazole rings is 1. The van der Waals surface area contributed by atoms with Crippen LogP contribution in [-0.4, -0.2) is 37.8 Å². The van der Waals surface area contributed by atoms with Gasteiger partial charge in [0.15, 0.2) is 0 Å². The van der Waals surface area contributed by atoms with Gasteiger partial charge < -0.3 is 19.5 Å². The monoisotopic (exact) mass is 440 g/mol. The van der Waals surface area contributed by atoms with Gasteiger partial charge in [0.2, 0.25) is 5.91 Å². The molecule has 0 aliphatic heterocycles. The van der Waals surface area contributed by atoms with Crippen LogP contribution in [0.15, 0.2) is 42.5 Å². The van der Waals surface area contributed by atoms with Crippen LogP contribution in [0.2, 0.25) is 0 Å². The highest BCUT2D eigenvalue weighted by Gasteiger charge is 2.31. The molecular formula is C20H19F3N2O4S. The van der Waals surface area contributed by atoms with Crippen molar-refractivity contribution in [3.05, 3.63) is 53.0 Å². The number of fused-ring (bicyclic) bond motifs is 1. The van der Waals surface area contributed by atoms with Crippen LogP contribution in [0, 0.1) is 0 Å². The molecule has 0 spiro atoms. The lowest BCUT2D eigenvalue weighted by atomic mass is 10.1. The second-order valence-electron chi connectivity index (χ2n) is 6.17. The summed E-state index contributed by atoms with van der Waals surface area (Å²) < 4.78 is 55.7. The first kappa shape index (κ1) is 22.0. The molecule has 10 heteroatoms. The highest BCUT2D eigenvalue weighted by molar-refractivity contribution is 7.18. The minimum atomic E-state index is -4.55. The molecule has 30 heavy (non-hydrogen) atoms. The molecule has 1 amide bonds. The first-order valence-corrected chi connectivity index (χ1v) is 9.73. The maximum atomic E-state index is 13.0. The largest absolute Gasteiger partial charge is 0.489 e. The number of carbonyl (C=O) groups is 1. The summed E-state index contributed by atoms with van der Waals surface area (Å²) in [5.74, 6) is -0.494. The molecule has 1 N–H and O–H groups in total. The molecule has 0 aliphatic rings. The fraction of sp³-hybridized carbons (Fsp3) is 0.300. The normalized spacial score (nSPS) is 11.6. The van der Waals surface area contributed by atoms with E-state index in [1.54, 1.807) is 0 Å². The maximum Gasteiger partial charge on any atom is 0.416 e. The van der Waals surface area contributed by atoms with Gasteiger partial charge in [0.1, 0.15) is 24.0 Å². The van der Waals surface area contributed by atoms with Crippen LogP contribution in [-0.2, 0) is 27.1 Å². The topological polar surface area (TPSA) is 69.7 Å². The summed E-state index contributed by atoms with van der Waals surface area (Å²) in [7, 11) is 1.47. The fourth-order valence-electron chi connectivity index (χ4n) is 2.56. The number of methoxy groups -OCH3 is 1. The number of ether oxygens (including phenoxy) is 3.